The summed E-state index contributed by atoms with van der Waals surface area (Å²) in [6, 6.07) is 10.9. The summed E-state index contributed by atoms with van der Waals surface area (Å²) < 4.78 is 12.9. The number of carbonyl (C=O) groups is 2. The second-order valence-electron chi connectivity index (χ2n) is 7.45. The molecule has 6 nitrogen and oxygen atoms in total. The molecular formula is C23H30N2O4. The highest BCUT2D eigenvalue weighted by molar-refractivity contribution is 5.93. The van der Waals surface area contributed by atoms with E-state index >= 15 is 0 Å². The van der Waals surface area contributed by atoms with Crippen molar-refractivity contribution in [2.45, 2.75) is 45.1 Å². The van der Waals surface area contributed by atoms with Crippen molar-refractivity contribution in [1.29, 1.82) is 0 Å². The first-order valence-corrected chi connectivity index (χ1v) is 10.4. The summed E-state index contributed by atoms with van der Waals surface area (Å²) in [7, 11) is 1.88. The zero-order valence-electron chi connectivity index (χ0n) is 17.3. The number of amides is 1. The number of hydrogen-bond donors (Lipinski definition) is 0. The molecule has 0 spiro atoms. The van der Waals surface area contributed by atoms with E-state index in [0.29, 0.717) is 36.6 Å². The normalized spacial score (nSPS) is 16.5. The quantitative estimate of drug-likeness (QED) is 0.629. The van der Waals surface area contributed by atoms with Gasteiger partial charge in [-0.2, -0.15) is 0 Å². The first-order chi connectivity index (χ1) is 14.1. The van der Waals surface area contributed by atoms with Gasteiger partial charge in [-0.05, 0) is 56.0 Å². The second-order valence-corrected chi connectivity index (χ2v) is 7.45. The maximum absolute atomic E-state index is 12.9. The van der Waals surface area contributed by atoms with Crippen molar-refractivity contribution in [3.8, 4) is 5.75 Å². The van der Waals surface area contributed by atoms with Crippen molar-refractivity contribution in [1.82, 2.24) is 9.47 Å². The summed E-state index contributed by atoms with van der Waals surface area (Å²) in [6.45, 7) is 3.69. The van der Waals surface area contributed by atoms with Crippen LogP contribution in [0.5, 0.6) is 5.75 Å². The summed E-state index contributed by atoms with van der Waals surface area (Å²) in [5.41, 5.74) is 1.18. The van der Waals surface area contributed by atoms with Gasteiger partial charge < -0.3 is 18.9 Å². The molecule has 0 N–H and O–H groups in total. The van der Waals surface area contributed by atoms with Crippen LogP contribution in [0.1, 0.15) is 59.9 Å². The highest BCUT2D eigenvalue weighted by atomic mass is 16.5. The number of likely N-dealkylation sites (tertiary alicyclic amines) is 1. The third-order valence-electron chi connectivity index (χ3n) is 5.28. The maximum Gasteiger partial charge on any atom is 0.338 e. The fourth-order valence-electron chi connectivity index (χ4n) is 3.70. The fraction of sp³-hybridized carbons (Fsp3) is 0.478. The lowest BCUT2D eigenvalue weighted by atomic mass is 9.99. The van der Waals surface area contributed by atoms with Gasteiger partial charge in [0.05, 0.1) is 18.8 Å². The Morgan fingerprint density at radius 2 is 2.00 bits per heavy atom. The summed E-state index contributed by atoms with van der Waals surface area (Å²) in [6.07, 6.45) is 6.48. The Morgan fingerprint density at radius 3 is 2.76 bits per heavy atom. The second kappa shape index (κ2) is 10.1. The van der Waals surface area contributed by atoms with Crippen molar-refractivity contribution in [3.05, 3.63) is 53.9 Å². The Balaban J connectivity index is 1.55. The lowest BCUT2D eigenvalue weighted by Gasteiger charge is -2.35. The standard InChI is InChI=1S/C23H30N2O4/c1-3-15-28-20-10-6-8-18(17-20)23(27)29-16-12-19-9-4-5-14-25(19)22(26)21-11-7-13-24(21)2/h6-8,10-11,13,17,19H,3-5,9,12,14-16H2,1-2H3. The Morgan fingerprint density at radius 1 is 1.14 bits per heavy atom. The third kappa shape index (κ3) is 5.40. The van der Waals surface area contributed by atoms with Gasteiger partial charge in [-0.3, -0.25) is 4.79 Å². The molecule has 1 aromatic carbocycles. The van der Waals surface area contributed by atoms with E-state index < -0.39 is 0 Å². The van der Waals surface area contributed by atoms with Gasteiger partial charge in [-0.1, -0.05) is 13.0 Å². The van der Waals surface area contributed by atoms with E-state index in [9.17, 15) is 9.59 Å². The lowest BCUT2D eigenvalue weighted by molar-refractivity contribution is 0.0406. The number of aryl methyl sites for hydroxylation is 1. The van der Waals surface area contributed by atoms with Crippen LogP contribution in [-0.2, 0) is 11.8 Å². The zero-order valence-corrected chi connectivity index (χ0v) is 17.3. The van der Waals surface area contributed by atoms with Gasteiger partial charge in [0, 0.05) is 32.3 Å². The molecule has 1 aliphatic heterocycles. The number of ether oxygens (including phenoxy) is 2. The fourth-order valence-corrected chi connectivity index (χ4v) is 3.70. The number of aromatic nitrogens is 1. The van der Waals surface area contributed by atoms with Crippen LogP contribution in [0, 0.1) is 0 Å². The van der Waals surface area contributed by atoms with Crippen LogP contribution in [0.4, 0.5) is 0 Å². The van der Waals surface area contributed by atoms with Crippen LogP contribution in [0.25, 0.3) is 0 Å². The van der Waals surface area contributed by atoms with Gasteiger partial charge in [0.25, 0.3) is 5.91 Å². The first kappa shape index (κ1) is 21.0. The van der Waals surface area contributed by atoms with Crippen molar-refractivity contribution < 1.29 is 19.1 Å². The van der Waals surface area contributed by atoms with Gasteiger partial charge in [0.1, 0.15) is 11.4 Å². The molecule has 1 amide bonds. The highest BCUT2D eigenvalue weighted by Crippen LogP contribution is 2.22. The van der Waals surface area contributed by atoms with Crippen LogP contribution >= 0.6 is 0 Å². The van der Waals surface area contributed by atoms with Gasteiger partial charge in [0.15, 0.2) is 0 Å². The predicted octanol–water partition coefficient (Wildman–Crippen LogP) is 4.06. The Kier molecular flexibility index (Phi) is 7.33. The molecule has 0 bridgehead atoms. The molecule has 0 aliphatic carbocycles. The summed E-state index contributed by atoms with van der Waals surface area (Å²) >= 11 is 0. The Labute approximate surface area is 172 Å². The van der Waals surface area contributed by atoms with Crippen LogP contribution in [0.2, 0.25) is 0 Å². The molecule has 0 saturated carbocycles. The number of hydrogen-bond acceptors (Lipinski definition) is 4. The largest absolute Gasteiger partial charge is 0.494 e. The molecule has 6 heteroatoms. The lowest BCUT2D eigenvalue weighted by Crippen LogP contribution is -2.44. The average Bonchev–Trinajstić information content (AvgIpc) is 3.18. The molecule has 1 aliphatic rings. The van der Waals surface area contributed by atoms with Gasteiger partial charge in [-0.25, -0.2) is 4.79 Å². The molecule has 156 valence electrons. The van der Waals surface area contributed by atoms with E-state index in [-0.39, 0.29) is 17.9 Å². The van der Waals surface area contributed by atoms with E-state index in [1.807, 2.05) is 47.8 Å². The summed E-state index contributed by atoms with van der Waals surface area (Å²) in [4.78, 5) is 27.3. The number of esters is 1. The highest BCUT2D eigenvalue weighted by Gasteiger charge is 2.28. The van der Waals surface area contributed by atoms with Crippen LogP contribution in [0.15, 0.2) is 42.6 Å². The Bertz CT molecular complexity index is 830. The van der Waals surface area contributed by atoms with E-state index in [1.54, 1.807) is 18.2 Å². The minimum atomic E-state index is -0.358. The maximum atomic E-state index is 12.9. The molecule has 1 saturated heterocycles. The Hall–Kier alpha value is -2.76. The molecule has 1 fully saturated rings. The van der Waals surface area contributed by atoms with Crippen molar-refractivity contribution in [3.63, 3.8) is 0 Å². The monoisotopic (exact) mass is 398 g/mol. The molecule has 1 atom stereocenters. The number of piperidine rings is 1. The minimum absolute atomic E-state index is 0.0503. The molecule has 2 aromatic rings. The number of nitrogens with zero attached hydrogens (tertiary/aromatic N) is 2. The van der Waals surface area contributed by atoms with Crippen molar-refractivity contribution in [2.75, 3.05) is 19.8 Å². The first-order valence-electron chi connectivity index (χ1n) is 10.4. The molecule has 2 heterocycles. The third-order valence-corrected chi connectivity index (χ3v) is 5.28. The predicted molar refractivity (Wildman–Crippen MR) is 111 cm³/mol. The van der Waals surface area contributed by atoms with E-state index in [1.165, 1.54) is 0 Å². The minimum Gasteiger partial charge on any atom is -0.494 e. The van der Waals surface area contributed by atoms with Crippen LogP contribution < -0.4 is 4.74 Å². The van der Waals surface area contributed by atoms with Gasteiger partial charge >= 0.3 is 5.97 Å². The summed E-state index contributed by atoms with van der Waals surface area (Å²) in [5, 5.41) is 0. The molecule has 0 radical (unpaired) electrons. The average molecular weight is 399 g/mol. The SMILES string of the molecule is CCCOc1cccc(C(=O)OCCC2CCCCN2C(=O)c2cccn2C)c1. The number of carbonyl (C=O) groups excluding carboxylic acids is 2. The molecule has 29 heavy (non-hydrogen) atoms. The van der Waals surface area contributed by atoms with Gasteiger partial charge in [0.2, 0.25) is 0 Å². The van der Waals surface area contributed by atoms with Crippen molar-refractivity contribution in [2.24, 2.45) is 7.05 Å². The van der Waals surface area contributed by atoms with Crippen molar-refractivity contribution >= 4 is 11.9 Å². The number of rotatable bonds is 8. The van der Waals surface area contributed by atoms with E-state index in [2.05, 4.69) is 0 Å². The molecular weight excluding hydrogens is 368 g/mol. The molecule has 1 unspecified atom stereocenters. The number of benzene rings is 1. The van der Waals surface area contributed by atoms with Crippen LogP contribution in [0.3, 0.4) is 0 Å². The summed E-state index contributed by atoms with van der Waals surface area (Å²) in [5.74, 6) is 0.366. The topological polar surface area (TPSA) is 60.8 Å². The molecule has 1 aromatic heterocycles. The molecule has 3 rings (SSSR count). The van der Waals surface area contributed by atoms with Crippen LogP contribution in [-0.4, -0.2) is 47.1 Å². The van der Waals surface area contributed by atoms with Gasteiger partial charge in [-0.15, -0.1) is 0 Å². The van der Waals surface area contributed by atoms with E-state index in [4.69, 9.17) is 9.47 Å². The van der Waals surface area contributed by atoms with E-state index in [0.717, 1.165) is 32.2 Å². The zero-order chi connectivity index (χ0) is 20.6. The smallest absolute Gasteiger partial charge is 0.338 e.